The lowest BCUT2D eigenvalue weighted by molar-refractivity contribution is -0.0133. The first kappa shape index (κ1) is 12.9. The molecule has 0 aromatic carbocycles. The van der Waals surface area contributed by atoms with Crippen LogP contribution in [0.5, 0.6) is 0 Å². The van der Waals surface area contributed by atoms with Crippen LogP contribution in [0, 0.1) is 12.3 Å². The summed E-state index contributed by atoms with van der Waals surface area (Å²) in [6.07, 6.45) is 4.93. The Labute approximate surface area is 82.6 Å². The van der Waals surface area contributed by atoms with Gasteiger partial charge in [0.05, 0.1) is 12.2 Å². The van der Waals surface area contributed by atoms with E-state index in [4.69, 9.17) is 9.47 Å². The van der Waals surface area contributed by atoms with Crippen molar-refractivity contribution < 1.29 is 9.47 Å². The first-order chi connectivity index (χ1) is 6.15. The fourth-order valence-electron chi connectivity index (χ4n) is 1.44. The quantitative estimate of drug-likeness (QED) is 0.610. The van der Waals surface area contributed by atoms with E-state index in [-0.39, 0.29) is 12.2 Å². The predicted octanol–water partition coefficient (Wildman–Crippen LogP) is 2.68. The molecule has 0 heterocycles. The van der Waals surface area contributed by atoms with Crippen LogP contribution in [0.2, 0.25) is 0 Å². The predicted molar refractivity (Wildman–Crippen MR) is 55.6 cm³/mol. The third-order valence-corrected chi connectivity index (χ3v) is 2.37. The van der Waals surface area contributed by atoms with E-state index in [1.54, 1.807) is 14.2 Å². The molecule has 0 N–H and O–H groups in total. The minimum absolute atomic E-state index is 0.117. The van der Waals surface area contributed by atoms with E-state index in [1.165, 1.54) is 12.8 Å². The molecule has 0 saturated carbocycles. The fourth-order valence-corrected chi connectivity index (χ4v) is 1.44. The highest BCUT2D eigenvalue weighted by Gasteiger charge is 2.18. The molecule has 3 unspecified atom stereocenters. The van der Waals surface area contributed by atoms with Gasteiger partial charge in [0.25, 0.3) is 0 Å². The molecule has 3 atom stereocenters. The van der Waals surface area contributed by atoms with E-state index in [2.05, 4.69) is 20.3 Å². The second-order valence-electron chi connectivity index (χ2n) is 3.60. The summed E-state index contributed by atoms with van der Waals surface area (Å²) in [6.45, 7) is 6.45. The summed E-state index contributed by atoms with van der Waals surface area (Å²) in [7, 11) is 3.45. The highest BCUT2D eigenvalue weighted by Crippen LogP contribution is 2.16. The van der Waals surface area contributed by atoms with Crippen molar-refractivity contribution in [2.45, 2.75) is 45.8 Å². The Morgan fingerprint density at radius 3 is 2.15 bits per heavy atom. The third-order valence-electron chi connectivity index (χ3n) is 2.37. The Balaban J connectivity index is 3.82. The maximum absolute atomic E-state index is 5.34. The molecule has 0 bridgehead atoms. The number of hydrogen-bond donors (Lipinski definition) is 0. The van der Waals surface area contributed by atoms with Crippen molar-refractivity contribution in [3.63, 3.8) is 0 Å². The Morgan fingerprint density at radius 2 is 1.77 bits per heavy atom. The van der Waals surface area contributed by atoms with Crippen LogP contribution < -0.4 is 0 Å². The standard InChI is InChI=1S/C11H23O2/c1-6-7-9(2)8-11(13-5)10(3)12-4/h8-11H,6-7H2,1-5H3. The molecule has 0 aromatic rings. The zero-order valence-corrected chi connectivity index (χ0v) is 9.54. The van der Waals surface area contributed by atoms with Crippen molar-refractivity contribution in [3.05, 3.63) is 6.42 Å². The first-order valence-corrected chi connectivity index (χ1v) is 5.06. The second-order valence-corrected chi connectivity index (χ2v) is 3.60. The summed E-state index contributed by atoms with van der Waals surface area (Å²) in [6, 6.07) is 0. The van der Waals surface area contributed by atoms with Crippen LogP contribution in [-0.4, -0.2) is 26.4 Å². The van der Waals surface area contributed by atoms with Crippen molar-refractivity contribution in [2.75, 3.05) is 14.2 Å². The van der Waals surface area contributed by atoms with Gasteiger partial charge in [-0.25, -0.2) is 0 Å². The number of hydrogen-bond acceptors (Lipinski definition) is 2. The molecule has 13 heavy (non-hydrogen) atoms. The molecule has 79 valence electrons. The molecule has 0 spiro atoms. The first-order valence-electron chi connectivity index (χ1n) is 5.06. The molecule has 0 aliphatic heterocycles. The van der Waals surface area contributed by atoms with Gasteiger partial charge in [-0.1, -0.05) is 26.7 Å². The highest BCUT2D eigenvalue weighted by atomic mass is 16.5. The van der Waals surface area contributed by atoms with Crippen LogP contribution in [-0.2, 0) is 9.47 Å². The van der Waals surface area contributed by atoms with E-state index in [9.17, 15) is 0 Å². The van der Waals surface area contributed by atoms with Crippen molar-refractivity contribution in [3.8, 4) is 0 Å². The average Bonchev–Trinajstić information content (AvgIpc) is 2.13. The minimum Gasteiger partial charge on any atom is -0.379 e. The Kier molecular flexibility index (Phi) is 7.29. The van der Waals surface area contributed by atoms with E-state index in [0.29, 0.717) is 5.92 Å². The fraction of sp³-hybridized carbons (Fsp3) is 0.909. The molecule has 0 rings (SSSR count). The molecule has 2 nitrogen and oxygen atoms in total. The molecule has 0 aromatic heterocycles. The molecule has 0 aliphatic carbocycles. The van der Waals surface area contributed by atoms with Gasteiger partial charge in [-0.15, -0.1) is 0 Å². The molecule has 0 aliphatic rings. The normalized spacial score (nSPS) is 18.2. The van der Waals surface area contributed by atoms with Gasteiger partial charge in [0.1, 0.15) is 0 Å². The Bertz CT molecular complexity index is 115. The Morgan fingerprint density at radius 1 is 1.15 bits per heavy atom. The lowest BCUT2D eigenvalue weighted by Gasteiger charge is -2.23. The molecule has 1 radical (unpaired) electrons. The van der Waals surface area contributed by atoms with Crippen LogP contribution in [0.1, 0.15) is 33.6 Å². The largest absolute Gasteiger partial charge is 0.379 e. The van der Waals surface area contributed by atoms with Gasteiger partial charge < -0.3 is 9.47 Å². The summed E-state index contributed by atoms with van der Waals surface area (Å²) in [5.41, 5.74) is 0. The van der Waals surface area contributed by atoms with Crippen LogP contribution in [0.3, 0.4) is 0 Å². The van der Waals surface area contributed by atoms with Crippen LogP contribution >= 0.6 is 0 Å². The van der Waals surface area contributed by atoms with Crippen molar-refractivity contribution in [1.29, 1.82) is 0 Å². The van der Waals surface area contributed by atoms with E-state index >= 15 is 0 Å². The van der Waals surface area contributed by atoms with Gasteiger partial charge in [-0.3, -0.25) is 0 Å². The van der Waals surface area contributed by atoms with Gasteiger partial charge in [-0.05, 0) is 19.3 Å². The van der Waals surface area contributed by atoms with Crippen LogP contribution in [0.15, 0.2) is 0 Å². The summed E-state index contributed by atoms with van der Waals surface area (Å²) in [5, 5.41) is 0. The zero-order chi connectivity index (χ0) is 10.3. The highest BCUT2D eigenvalue weighted by molar-refractivity contribution is 4.86. The average molecular weight is 187 g/mol. The monoisotopic (exact) mass is 187 g/mol. The smallest absolute Gasteiger partial charge is 0.0864 e. The topological polar surface area (TPSA) is 18.5 Å². The second kappa shape index (κ2) is 7.34. The lowest BCUT2D eigenvalue weighted by atomic mass is 9.96. The molecular formula is C11H23O2. The maximum Gasteiger partial charge on any atom is 0.0864 e. The van der Waals surface area contributed by atoms with Crippen LogP contribution in [0.25, 0.3) is 0 Å². The molecule has 0 amide bonds. The van der Waals surface area contributed by atoms with Crippen molar-refractivity contribution >= 4 is 0 Å². The summed E-state index contributed by atoms with van der Waals surface area (Å²) >= 11 is 0. The summed E-state index contributed by atoms with van der Waals surface area (Å²) < 4.78 is 10.6. The summed E-state index contributed by atoms with van der Waals surface area (Å²) in [4.78, 5) is 0. The van der Waals surface area contributed by atoms with Gasteiger partial charge in [0.15, 0.2) is 0 Å². The number of rotatable bonds is 7. The molecule has 2 heteroatoms. The number of methoxy groups -OCH3 is 2. The third kappa shape index (κ3) is 5.27. The molecular weight excluding hydrogens is 164 g/mol. The minimum atomic E-state index is 0.117. The Hall–Kier alpha value is -0.0800. The van der Waals surface area contributed by atoms with Gasteiger partial charge in [0, 0.05) is 14.2 Å². The van der Waals surface area contributed by atoms with Gasteiger partial charge >= 0.3 is 0 Å². The SMILES string of the molecule is CCCC(C)[CH]C(OC)C(C)OC. The number of ether oxygens (including phenoxy) is 2. The van der Waals surface area contributed by atoms with Gasteiger partial charge in [-0.2, -0.15) is 0 Å². The summed E-state index contributed by atoms with van der Waals surface area (Å²) in [5.74, 6) is 0.604. The van der Waals surface area contributed by atoms with E-state index in [1.807, 2.05) is 6.92 Å². The van der Waals surface area contributed by atoms with Crippen LogP contribution in [0.4, 0.5) is 0 Å². The van der Waals surface area contributed by atoms with Gasteiger partial charge in [0.2, 0.25) is 0 Å². The zero-order valence-electron chi connectivity index (χ0n) is 9.54. The maximum atomic E-state index is 5.34. The molecule has 0 saturated heterocycles. The van der Waals surface area contributed by atoms with E-state index in [0.717, 1.165) is 0 Å². The lowest BCUT2D eigenvalue weighted by Crippen LogP contribution is -2.29. The van der Waals surface area contributed by atoms with Crippen molar-refractivity contribution in [1.82, 2.24) is 0 Å². The molecule has 0 fully saturated rings. The van der Waals surface area contributed by atoms with Crippen molar-refractivity contribution in [2.24, 2.45) is 5.92 Å². The van der Waals surface area contributed by atoms with E-state index < -0.39 is 0 Å².